The number of hydrogen-bond acceptors (Lipinski definition) is 3. The maximum absolute atomic E-state index is 12.0. The zero-order valence-electron chi connectivity index (χ0n) is 12.4. The highest BCUT2D eigenvalue weighted by atomic mass is 19.4. The molecular weight excluding hydrogens is 283 g/mol. The van der Waals surface area contributed by atoms with Gasteiger partial charge in [0.25, 0.3) is 0 Å². The maximum Gasteiger partial charge on any atom is 0.573 e. The summed E-state index contributed by atoms with van der Waals surface area (Å²) >= 11 is 0. The molecule has 0 aliphatic heterocycles. The number of alkyl halides is 3. The third kappa shape index (κ3) is 9.18. The minimum atomic E-state index is -4.66. The molecule has 0 aliphatic rings. The number of rotatable bonds is 9. The van der Waals surface area contributed by atoms with Crippen LogP contribution in [-0.2, 0) is 0 Å². The number of benzene rings is 1. The van der Waals surface area contributed by atoms with Crippen molar-refractivity contribution in [3.05, 3.63) is 24.3 Å². The normalized spacial score (nSPS) is 11.7. The first-order valence-electron chi connectivity index (χ1n) is 7.06. The van der Waals surface area contributed by atoms with E-state index in [0.29, 0.717) is 18.3 Å². The summed E-state index contributed by atoms with van der Waals surface area (Å²) < 4.78 is 45.2. The molecule has 0 amide bonds. The Morgan fingerprint density at radius 2 is 1.67 bits per heavy atom. The number of nitrogens with one attached hydrogen (secondary N) is 1. The number of ether oxygens (including phenoxy) is 2. The van der Waals surface area contributed by atoms with Crippen molar-refractivity contribution in [1.82, 2.24) is 5.32 Å². The van der Waals surface area contributed by atoms with Gasteiger partial charge in [-0.25, -0.2) is 0 Å². The number of unbranched alkanes of at least 4 members (excludes halogenated alkanes) is 1. The highest BCUT2D eigenvalue weighted by Crippen LogP contribution is 2.24. The molecule has 0 fully saturated rings. The van der Waals surface area contributed by atoms with Crippen LogP contribution in [0.4, 0.5) is 13.2 Å². The second-order valence-electron chi connectivity index (χ2n) is 5.17. The summed E-state index contributed by atoms with van der Waals surface area (Å²) in [5.74, 6) is 0.936. The highest BCUT2D eigenvalue weighted by molar-refractivity contribution is 5.31. The molecule has 1 aromatic carbocycles. The fraction of sp³-hybridized carbons (Fsp3) is 0.600. The monoisotopic (exact) mass is 305 g/mol. The molecule has 21 heavy (non-hydrogen) atoms. The fourth-order valence-electron chi connectivity index (χ4n) is 1.67. The van der Waals surface area contributed by atoms with Gasteiger partial charge in [0.05, 0.1) is 6.61 Å². The lowest BCUT2D eigenvalue weighted by molar-refractivity contribution is -0.274. The highest BCUT2D eigenvalue weighted by Gasteiger charge is 2.30. The quantitative estimate of drug-likeness (QED) is 0.700. The molecule has 0 spiro atoms. The van der Waals surface area contributed by atoms with E-state index in [9.17, 15) is 13.2 Å². The zero-order chi connectivity index (χ0) is 15.7. The Balaban J connectivity index is 2.15. The van der Waals surface area contributed by atoms with Crippen LogP contribution in [0.1, 0.15) is 26.7 Å². The summed E-state index contributed by atoms with van der Waals surface area (Å²) in [5, 5.41) is 3.33. The first-order chi connectivity index (χ1) is 9.87. The third-order valence-electron chi connectivity index (χ3n) is 2.63. The van der Waals surface area contributed by atoms with Crippen molar-refractivity contribution in [2.75, 3.05) is 19.7 Å². The van der Waals surface area contributed by atoms with Gasteiger partial charge in [-0.3, -0.25) is 0 Å². The van der Waals surface area contributed by atoms with E-state index in [1.165, 1.54) is 24.3 Å². The predicted octanol–water partition coefficient (Wildman–Crippen LogP) is 3.99. The third-order valence-corrected chi connectivity index (χ3v) is 2.63. The molecule has 0 aromatic heterocycles. The van der Waals surface area contributed by atoms with Crippen LogP contribution in [0.15, 0.2) is 24.3 Å². The molecule has 1 N–H and O–H groups in total. The van der Waals surface area contributed by atoms with E-state index in [4.69, 9.17) is 4.74 Å². The van der Waals surface area contributed by atoms with Crippen molar-refractivity contribution in [3.63, 3.8) is 0 Å². The van der Waals surface area contributed by atoms with Gasteiger partial charge in [0, 0.05) is 0 Å². The molecule has 0 saturated heterocycles. The molecule has 0 atom stereocenters. The molecule has 6 heteroatoms. The summed E-state index contributed by atoms with van der Waals surface area (Å²) in [5.41, 5.74) is 0. The first kappa shape index (κ1) is 17.6. The molecule has 120 valence electrons. The Morgan fingerprint density at radius 1 is 1.05 bits per heavy atom. The van der Waals surface area contributed by atoms with Gasteiger partial charge in [-0.2, -0.15) is 0 Å². The van der Waals surface area contributed by atoms with Crippen LogP contribution in [0.5, 0.6) is 11.5 Å². The molecule has 1 rings (SSSR count). The van der Waals surface area contributed by atoms with Crippen molar-refractivity contribution < 1.29 is 22.6 Å². The molecule has 0 heterocycles. The number of halogens is 3. The maximum atomic E-state index is 12.0. The molecule has 3 nitrogen and oxygen atoms in total. The van der Waals surface area contributed by atoms with Gasteiger partial charge in [-0.15, -0.1) is 13.2 Å². The lowest BCUT2D eigenvalue weighted by Crippen LogP contribution is -2.21. The van der Waals surface area contributed by atoms with Crippen molar-refractivity contribution in [2.45, 2.75) is 33.1 Å². The van der Waals surface area contributed by atoms with E-state index in [1.807, 2.05) is 0 Å². The van der Waals surface area contributed by atoms with Crippen LogP contribution in [0.2, 0.25) is 0 Å². The van der Waals surface area contributed by atoms with Crippen LogP contribution >= 0.6 is 0 Å². The Hall–Kier alpha value is -1.43. The minimum absolute atomic E-state index is 0.243. The van der Waals surface area contributed by atoms with Gasteiger partial charge < -0.3 is 14.8 Å². The Kier molecular flexibility index (Phi) is 7.36. The van der Waals surface area contributed by atoms with Crippen LogP contribution < -0.4 is 14.8 Å². The van der Waals surface area contributed by atoms with Crippen molar-refractivity contribution in [1.29, 1.82) is 0 Å². The SMILES string of the molecule is CC(C)CNCCCCOc1ccc(OC(F)(F)F)cc1. The van der Waals surface area contributed by atoms with E-state index in [-0.39, 0.29) is 5.75 Å². The second kappa shape index (κ2) is 8.77. The fourth-order valence-corrected chi connectivity index (χ4v) is 1.67. The molecule has 0 saturated carbocycles. The lowest BCUT2D eigenvalue weighted by Gasteiger charge is -2.10. The van der Waals surface area contributed by atoms with Gasteiger partial charge in [-0.05, 0) is 56.1 Å². The average molecular weight is 305 g/mol. The smallest absolute Gasteiger partial charge is 0.494 e. The Morgan fingerprint density at radius 3 is 2.24 bits per heavy atom. The van der Waals surface area contributed by atoms with Gasteiger partial charge in [0.1, 0.15) is 11.5 Å². The molecular formula is C15H22F3NO2. The Bertz CT molecular complexity index is 391. The van der Waals surface area contributed by atoms with Crippen molar-refractivity contribution in [2.24, 2.45) is 5.92 Å². The molecule has 0 radical (unpaired) electrons. The molecule has 0 unspecified atom stereocenters. The Labute approximate surface area is 123 Å². The minimum Gasteiger partial charge on any atom is -0.494 e. The largest absolute Gasteiger partial charge is 0.573 e. The van der Waals surface area contributed by atoms with Crippen LogP contribution in [0, 0.1) is 5.92 Å². The van der Waals surface area contributed by atoms with Gasteiger partial charge in [0.15, 0.2) is 0 Å². The van der Waals surface area contributed by atoms with Gasteiger partial charge in [-0.1, -0.05) is 13.8 Å². The summed E-state index contributed by atoms with van der Waals surface area (Å²) in [4.78, 5) is 0. The first-order valence-corrected chi connectivity index (χ1v) is 7.06. The molecule has 1 aromatic rings. The average Bonchev–Trinajstić information content (AvgIpc) is 2.37. The van der Waals surface area contributed by atoms with E-state index >= 15 is 0 Å². The lowest BCUT2D eigenvalue weighted by atomic mass is 10.2. The summed E-state index contributed by atoms with van der Waals surface area (Å²) in [6.07, 6.45) is -2.76. The summed E-state index contributed by atoms with van der Waals surface area (Å²) in [6, 6.07) is 5.43. The van der Waals surface area contributed by atoms with Crippen LogP contribution in [0.3, 0.4) is 0 Å². The summed E-state index contributed by atoms with van der Waals surface area (Å²) in [7, 11) is 0. The molecule has 0 bridgehead atoms. The zero-order valence-corrected chi connectivity index (χ0v) is 12.4. The number of hydrogen-bond donors (Lipinski definition) is 1. The van der Waals surface area contributed by atoms with E-state index in [2.05, 4.69) is 23.9 Å². The van der Waals surface area contributed by atoms with E-state index in [1.54, 1.807) is 0 Å². The van der Waals surface area contributed by atoms with Gasteiger partial charge in [0.2, 0.25) is 0 Å². The summed E-state index contributed by atoms with van der Waals surface area (Å²) in [6.45, 7) is 6.80. The standard InChI is InChI=1S/C15H22F3NO2/c1-12(2)11-19-9-3-4-10-20-13-5-7-14(8-6-13)21-15(16,17)18/h5-8,12,19H,3-4,9-11H2,1-2H3. The predicted molar refractivity (Wildman–Crippen MR) is 75.6 cm³/mol. The van der Waals surface area contributed by atoms with E-state index in [0.717, 1.165) is 25.9 Å². The van der Waals surface area contributed by atoms with Crippen LogP contribution in [0.25, 0.3) is 0 Å². The van der Waals surface area contributed by atoms with Crippen LogP contribution in [-0.4, -0.2) is 26.1 Å². The topological polar surface area (TPSA) is 30.5 Å². The van der Waals surface area contributed by atoms with Crippen molar-refractivity contribution in [3.8, 4) is 11.5 Å². The van der Waals surface area contributed by atoms with E-state index < -0.39 is 6.36 Å². The molecule has 0 aliphatic carbocycles. The van der Waals surface area contributed by atoms with Crippen molar-refractivity contribution >= 4 is 0 Å². The van der Waals surface area contributed by atoms with Gasteiger partial charge >= 0.3 is 6.36 Å². The second-order valence-corrected chi connectivity index (χ2v) is 5.17.